The highest BCUT2D eigenvalue weighted by molar-refractivity contribution is 5.85. The standard InChI is InChI=1S/C24H36N4O3/c1-24(2,28-10-12-31-13-11-28)17-26-23(29)16-27-8-6-18(7-9-27)21-15-25-22-5-4-19(30-3)14-20(21)22/h4-5,14-15,18,25H,6-13,16-17H2,1-3H3,(H,26,29). The Kier molecular flexibility index (Phi) is 6.84. The highest BCUT2D eigenvalue weighted by Crippen LogP contribution is 2.34. The molecule has 31 heavy (non-hydrogen) atoms. The van der Waals surface area contributed by atoms with Gasteiger partial charge in [-0.2, -0.15) is 0 Å². The Hall–Kier alpha value is -2.09. The van der Waals surface area contributed by atoms with Gasteiger partial charge in [-0.05, 0) is 69.5 Å². The lowest BCUT2D eigenvalue weighted by Crippen LogP contribution is -2.56. The first kappa shape index (κ1) is 22.1. The second-order valence-corrected chi connectivity index (χ2v) is 9.39. The molecular weight excluding hydrogens is 392 g/mol. The van der Waals surface area contributed by atoms with E-state index in [1.165, 1.54) is 10.9 Å². The number of amides is 1. The maximum atomic E-state index is 12.6. The molecule has 0 spiro atoms. The van der Waals surface area contributed by atoms with Crippen molar-refractivity contribution in [2.45, 2.75) is 38.1 Å². The quantitative estimate of drug-likeness (QED) is 0.709. The summed E-state index contributed by atoms with van der Waals surface area (Å²) in [6.45, 7) is 10.8. The lowest BCUT2D eigenvalue weighted by atomic mass is 9.89. The first-order chi connectivity index (χ1) is 15.0. The summed E-state index contributed by atoms with van der Waals surface area (Å²) in [6, 6.07) is 6.19. The lowest BCUT2D eigenvalue weighted by molar-refractivity contribution is -0.123. The molecule has 1 aromatic carbocycles. The second kappa shape index (κ2) is 9.59. The number of carbonyl (C=O) groups excluding carboxylic acids is 1. The molecule has 2 saturated heterocycles. The molecule has 7 nitrogen and oxygen atoms in total. The van der Waals surface area contributed by atoms with Crippen LogP contribution in [-0.4, -0.2) is 85.8 Å². The van der Waals surface area contributed by atoms with Crippen LogP contribution in [0.15, 0.2) is 24.4 Å². The number of nitrogens with zero attached hydrogens (tertiary/aromatic N) is 2. The van der Waals surface area contributed by atoms with Crippen LogP contribution < -0.4 is 10.1 Å². The van der Waals surface area contributed by atoms with Crippen molar-refractivity contribution >= 4 is 16.8 Å². The predicted octanol–water partition coefficient (Wildman–Crippen LogP) is 2.58. The summed E-state index contributed by atoms with van der Waals surface area (Å²) in [5, 5.41) is 4.41. The Morgan fingerprint density at radius 2 is 1.97 bits per heavy atom. The molecule has 0 radical (unpaired) electrons. The molecule has 3 heterocycles. The molecule has 2 fully saturated rings. The van der Waals surface area contributed by atoms with Crippen molar-refractivity contribution < 1.29 is 14.3 Å². The Balaban J connectivity index is 1.26. The van der Waals surface area contributed by atoms with Gasteiger partial charge in [0.15, 0.2) is 0 Å². The third kappa shape index (κ3) is 5.22. The number of hydrogen-bond donors (Lipinski definition) is 2. The number of morpholine rings is 1. The molecule has 4 rings (SSSR count). The zero-order valence-electron chi connectivity index (χ0n) is 19.1. The van der Waals surface area contributed by atoms with Gasteiger partial charge in [0.25, 0.3) is 0 Å². The minimum atomic E-state index is -0.0527. The van der Waals surface area contributed by atoms with E-state index in [9.17, 15) is 4.79 Å². The van der Waals surface area contributed by atoms with Crippen LogP contribution in [-0.2, 0) is 9.53 Å². The fourth-order valence-electron chi connectivity index (χ4n) is 4.84. The average Bonchev–Trinajstić information content (AvgIpc) is 3.22. The second-order valence-electron chi connectivity index (χ2n) is 9.39. The highest BCUT2D eigenvalue weighted by atomic mass is 16.5. The van der Waals surface area contributed by atoms with E-state index in [0.29, 0.717) is 19.0 Å². The van der Waals surface area contributed by atoms with Gasteiger partial charge in [0, 0.05) is 42.3 Å². The molecule has 0 atom stereocenters. The molecule has 7 heteroatoms. The maximum absolute atomic E-state index is 12.6. The number of fused-ring (bicyclic) bond motifs is 1. The van der Waals surface area contributed by atoms with Crippen LogP contribution in [0.4, 0.5) is 0 Å². The predicted molar refractivity (Wildman–Crippen MR) is 123 cm³/mol. The third-order valence-electron chi connectivity index (χ3n) is 6.90. The van der Waals surface area contributed by atoms with Crippen LogP contribution in [0.25, 0.3) is 10.9 Å². The number of piperidine rings is 1. The van der Waals surface area contributed by atoms with Gasteiger partial charge in [0.05, 0.1) is 26.9 Å². The molecule has 1 aromatic heterocycles. The van der Waals surface area contributed by atoms with Crippen molar-refractivity contribution in [2.24, 2.45) is 0 Å². The molecule has 2 aliphatic heterocycles. The van der Waals surface area contributed by atoms with E-state index in [1.807, 2.05) is 6.07 Å². The summed E-state index contributed by atoms with van der Waals surface area (Å²) >= 11 is 0. The monoisotopic (exact) mass is 428 g/mol. The highest BCUT2D eigenvalue weighted by Gasteiger charge is 2.29. The van der Waals surface area contributed by atoms with Crippen LogP contribution in [0, 0.1) is 0 Å². The molecule has 170 valence electrons. The molecule has 0 bridgehead atoms. The van der Waals surface area contributed by atoms with E-state index in [1.54, 1.807) is 7.11 Å². The number of nitrogens with one attached hydrogen (secondary N) is 2. The number of benzene rings is 1. The fourth-order valence-corrected chi connectivity index (χ4v) is 4.84. The first-order valence-corrected chi connectivity index (χ1v) is 11.4. The van der Waals surface area contributed by atoms with Crippen molar-refractivity contribution in [3.63, 3.8) is 0 Å². The summed E-state index contributed by atoms with van der Waals surface area (Å²) in [5.41, 5.74) is 2.47. The lowest BCUT2D eigenvalue weighted by Gasteiger charge is -2.41. The number of aromatic nitrogens is 1. The van der Waals surface area contributed by atoms with Crippen LogP contribution >= 0.6 is 0 Å². The molecule has 0 saturated carbocycles. The van der Waals surface area contributed by atoms with Crippen LogP contribution in [0.3, 0.4) is 0 Å². The van der Waals surface area contributed by atoms with E-state index >= 15 is 0 Å². The van der Waals surface area contributed by atoms with Crippen molar-refractivity contribution in [1.82, 2.24) is 20.1 Å². The SMILES string of the molecule is COc1ccc2[nH]cc(C3CCN(CC(=O)NCC(C)(C)N4CCOCC4)CC3)c2c1. The Morgan fingerprint density at radius 3 is 2.68 bits per heavy atom. The van der Waals surface area contributed by atoms with Crippen molar-refractivity contribution in [3.8, 4) is 5.75 Å². The minimum Gasteiger partial charge on any atom is -0.497 e. The summed E-state index contributed by atoms with van der Waals surface area (Å²) < 4.78 is 10.9. The fraction of sp³-hybridized carbons (Fsp3) is 0.625. The molecule has 2 aromatic rings. The van der Waals surface area contributed by atoms with E-state index in [2.05, 4.69) is 52.3 Å². The topological polar surface area (TPSA) is 69.8 Å². The minimum absolute atomic E-state index is 0.0527. The number of H-pyrrole nitrogens is 1. The van der Waals surface area contributed by atoms with Gasteiger partial charge in [-0.25, -0.2) is 0 Å². The number of ether oxygens (including phenoxy) is 2. The van der Waals surface area contributed by atoms with Gasteiger partial charge >= 0.3 is 0 Å². The summed E-state index contributed by atoms with van der Waals surface area (Å²) in [4.78, 5) is 20.7. The van der Waals surface area contributed by atoms with Gasteiger partial charge in [-0.1, -0.05) is 0 Å². The molecule has 2 N–H and O–H groups in total. The first-order valence-electron chi connectivity index (χ1n) is 11.4. The largest absolute Gasteiger partial charge is 0.497 e. The van der Waals surface area contributed by atoms with E-state index < -0.39 is 0 Å². The summed E-state index contributed by atoms with van der Waals surface area (Å²) in [6.07, 6.45) is 4.28. The Bertz CT molecular complexity index is 880. The van der Waals surface area contributed by atoms with Crippen molar-refractivity contribution in [3.05, 3.63) is 30.0 Å². The van der Waals surface area contributed by atoms with Crippen LogP contribution in [0.2, 0.25) is 0 Å². The van der Waals surface area contributed by atoms with Gasteiger partial charge in [0.1, 0.15) is 5.75 Å². The maximum Gasteiger partial charge on any atom is 0.234 e. The number of hydrogen-bond acceptors (Lipinski definition) is 5. The van der Waals surface area contributed by atoms with Crippen molar-refractivity contribution in [2.75, 3.05) is 59.6 Å². The van der Waals surface area contributed by atoms with Crippen molar-refractivity contribution in [1.29, 1.82) is 0 Å². The van der Waals surface area contributed by atoms with E-state index in [4.69, 9.17) is 9.47 Å². The molecular formula is C24H36N4O3. The molecule has 1 amide bonds. The number of likely N-dealkylation sites (tertiary alicyclic amines) is 1. The van der Waals surface area contributed by atoms with Crippen LogP contribution in [0.1, 0.15) is 38.2 Å². The van der Waals surface area contributed by atoms with Gasteiger partial charge in [-0.3, -0.25) is 14.6 Å². The third-order valence-corrected chi connectivity index (χ3v) is 6.90. The molecule has 0 aliphatic carbocycles. The summed E-state index contributed by atoms with van der Waals surface area (Å²) in [7, 11) is 1.71. The average molecular weight is 429 g/mol. The smallest absolute Gasteiger partial charge is 0.234 e. The number of rotatable bonds is 7. The van der Waals surface area contributed by atoms with Gasteiger partial charge < -0.3 is 19.8 Å². The summed E-state index contributed by atoms with van der Waals surface area (Å²) in [5.74, 6) is 1.53. The number of aromatic amines is 1. The normalized spacial score (nSPS) is 19.6. The van der Waals surface area contributed by atoms with E-state index in [0.717, 1.165) is 63.5 Å². The number of methoxy groups -OCH3 is 1. The van der Waals surface area contributed by atoms with Gasteiger partial charge in [-0.15, -0.1) is 0 Å². The van der Waals surface area contributed by atoms with Gasteiger partial charge in [0.2, 0.25) is 5.91 Å². The van der Waals surface area contributed by atoms with Crippen LogP contribution in [0.5, 0.6) is 5.75 Å². The molecule has 2 aliphatic rings. The zero-order chi connectivity index (χ0) is 21.8. The molecule has 0 unspecified atom stereocenters. The Morgan fingerprint density at radius 1 is 1.23 bits per heavy atom. The number of carbonyl (C=O) groups is 1. The zero-order valence-corrected chi connectivity index (χ0v) is 19.1. The van der Waals surface area contributed by atoms with E-state index in [-0.39, 0.29) is 11.4 Å². The Labute approximate surface area is 185 Å².